The molecule has 2 aromatic heterocycles. The largest absolute Gasteiger partial charge is 0.471 e. The molecule has 1 aromatic carbocycles. The SMILES string of the molecule is COCCC(=O)N[C@@H](Cc1ccc(F)c(-c2nccs2)c1)[C@H](O)CN[C@H]1CC2(CCC2)Oc2ncc(CC(C)C)cc21. The number of hydrogen-bond donors (Lipinski definition) is 3. The fourth-order valence-electron chi connectivity index (χ4n) is 5.86. The van der Waals surface area contributed by atoms with Crippen LogP contribution in [0.5, 0.6) is 5.88 Å². The highest BCUT2D eigenvalue weighted by Crippen LogP contribution is 2.48. The molecule has 8 nitrogen and oxygen atoms in total. The number of nitrogens with one attached hydrogen (secondary N) is 2. The summed E-state index contributed by atoms with van der Waals surface area (Å²) < 4.78 is 26.1. The van der Waals surface area contributed by atoms with Crippen LogP contribution in [0.4, 0.5) is 4.39 Å². The molecule has 3 aromatic rings. The number of hydrogen-bond acceptors (Lipinski definition) is 8. The van der Waals surface area contributed by atoms with Crippen LogP contribution in [0.1, 0.15) is 68.7 Å². The zero-order valence-corrected chi connectivity index (χ0v) is 25.4. The molecule has 1 amide bonds. The number of fused-ring (bicyclic) bond motifs is 1. The van der Waals surface area contributed by atoms with E-state index in [-0.39, 0.29) is 42.9 Å². The zero-order chi connectivity index (χ0) is 29.7. The number of carbonyl (C=O) groups excluding carboxylic acids is 1. The molecule has 226 valence electrons. The van der Waals surface area contributed by atoms with E-state index in [1.54, 1.807) is 30.8 Å². The van der Waals surface area contributed by atoms with Gasteiger partial charge in [-0.15, -0.1) is 11.3 Å². The van der Waals surface area contributed by atoms with E-state index < -0.39 is 12.1 Å². The lowest BCUT2D eigenvalue weighted by Gasteiger charge is -2.47. The van der Waals surface area contributed by atoms with E-state index in [1.165, 1.54) is 23.0 Å². The highest BCUT2D eigenvalue weighted by Gasteiger charge is 2.46. The molecule has 3 heterocycles. The van der Waals surface area contributed by atoms with Crippen molar-refractivity contribution < 1.29 is 23.8 Å². The number of methoxy groups -OCH3 is 1. The summed E-state index contributed by atoms with van der Waals surface area (Å²) in [7, 11) is 1.55. The van der Waals surface area contributed by atoms with Crippen LogP contribution in [-0.2, 0) is 22.4 Å². The van der Waals surface area contributed by atoms with Gasteiger partial charge in [0.15, 0.2) is 0 Å². The van der Waals surface area contributed by atoms with Crippen LogP contribution in [0.15, 0.2) is 42.0 Å². The van der Waals surface area contributed by atoms with Crippen LogP contribution >= 0.6 is 11.3 Å². The molecule has 10 heteroatoms. The van der Waals surface area contributed by atoms with E-state index >= 15 is 0 Å². The number of rotatable bonds is 13. The van der Waals surface area contributed by atoms with Gasteiger partial charge in [0, 0.05) is 61.4 Å². The van der Waals surface area contributed by atoms with Crippen molar-refractivity contribution >= 4 is 17.2 Å². The third-order valence-electron chi connectivity index (χ3n) is 8.18. The van der Waals surface area contributed by atoms with Crippen molar-refractivity contribution in [1.82, 2.24) is 20.6 Å². The van der Waals surface area contributed by atoms with Crippen molar-refractivity contribution in [2.75, 3.05) is 20.3 Å². The quantitative estimate of drug-likeness (QED) is 0.255. The summed E-state index contributed by atoms with van der Waals surface area (Å²) in [6, 6.07) is 6.41. The monoisotopic (exact) mass is 596 g/mol. The van der Waals surface area contributed by atoms with Gasteiger partial charge in [-0.25, -0.2) is 14.4 Å². The first-order valence-corrected chi connectivity index (χ1v) is 15.7. The Kier molecular flexibility index (Phi) is 9.88. The first-order valence-electron chi connectivity index (χ1n) is 14.8. The van der Waals surface area contributed by atoms with E-state index in [9.17, 15) is 14.3 Å². The average molecular weight is 597 g/mol. The van der Waals surface area contributed by atoms with Gasteiger partial charge in [-0.05, 0) is 67.3 Å². The van der Waals surface area contributed by atoms with Crippen LogP contribution in [0, 0.1) is 11.7 Å². The minimum Gasteiger partial charge on any atom is -0.471 e. The molecule has 1 aliphatic carbocycles. The van der Waals surface area contributed by atoms with Gasteiger partial charge in [0.25, 0.3) is 0 Å². The molecule has 0 saturated heterocycles. The van der Waals surface area contributed by atoms with Crippen LogP contribution in [-0.4, -0.2) is 59.0 Å². The summed E-state index contributed by atoms with van der Waals surface area (Å²) in [5.74, 6) is 0.608. The standard InChI is InChI=1S/C32H41FN4O4S/c1-20(2)13-22-15-24-27(17-32(8-4-9-32)41-30(24)36-18-22)35-19-28(38)26(37-29(39)7-11-40-3)16-21-5-6-25(33)23(14-21)31-34-10-12-42-31/h5-6,10,12,14-15,18,20,26-28,35,38H,4,7-9,11,13,16-17,19H2,1-3H3,(H,37,39)/t26-,27-,28+/m0/s1. The van der Waals surface area contributed by atoms with Crippen molar-refractivity contribution in [3.05, 3.63) is 64.5 Å². The number of pyridine rings is 1. The number of aromatic nitrogens is 2. The molecular formula is C32H41FN4O4S. The molecule has 1 spiro atoms. The molecular weight excluding hydrogens is 555 g/mol. The van der Waals surface area contributed by atoms with Gasteiger partial charge in [-0.1, -0.05) is 19.9 Å². The van der Waals surface area contributed by atoms with Gasteiger partial charge in [-0.2, -0.15) is 0 Å². The van der Waals surface area contributed by atoms with E-state index in [0.717, 1.165) is 43.2 Å². The van der Waals surface area contributed by atoms with Crippen LogP contribution in [0.25, 0.3) is 10.6 Å². The number of thiazole rings is 1. The fourth-order valence-corrected chi connectivity index (χ4v) is 6.51. The molecule has 3 N–H and O–H groups in total. The topological polar surface area (TPSA) is 106 Å². The third-order valence-corrected chi connectivity index (χ3v) is 8.98. The summed E-state index contributed by atoms with van der Waals surface area (Å²) in [6.45, 7) is 4.91. The van der Waals surface area contributed by atoms with Gasteiger partial charge in [-0.3, -0.25) is 4.79 Å². The lowest BCUT2D eigenvalue weighted by molar-refractivity contribution is -0.123. The maximum absolute atomic E-state index is 14.6. The number of carbonyl (C=O) groups is 1. The normalized spacial score (nSPS) is 18.7. The fraction of sp³-hybridized carbons (Fsp3) is 0.531. The molecule has 0 unspecified atom stereocenters. The van der Waals surface area contributed by atoms with Crippen molar-refractivity contribution in [2.24, 2.45) is 5.92 Å². The number of ether oxygens (including phenoxy) is 2. The predicted molar refractivity (Wildman–Crippen MR) is 161 cm³/mol. The number of aliphatic hydroxyl groups excluding tert-OH is 1. The Labute approximate surface area is 251 Å². The van der Waals surface area contributed by atoms with Gasteiger partial charge < -0.3 is 25.2 Å². The van der Waals surface area contributed by atoms with Crippen LogP contribution in [0.2, 0.25) is 0 Å². The molecule has 3 atom stereocenters. The lowest BCUT2D eigenvalue weighted by Crippen LogP contribution is -2.52. The van der Waals surface area contributed by atoms with Crippen molar-refractivity contribution in [3.63, 3.8) is 0 Å². The number of halogens is 1. The maximum atomic E-state index is 14.6. The van der Waals surface area contributed by atoms with E-state index in [2.05, 4.69) is 35.5 Å². The minimum absolute atomic E-state index is 0.0320. The average Bonchev–Trinajstić information content (AvgIpc) is 3.49. The second-order valence-electron chi connectivity index (χ2n) is 12.0. The van der Waals surface area contributed by atoms with Gasteiger partial charge >= 0.3 is 0 Å². The molecule has 0 radical (unpaired) electrons. The Morgan fingerprint density at radius 2 is 2.07 bits per heavy atom. The van der Waals surface area contributed by atoms with Gasteiger partial charge in [0.05, 0.1) is 18.8 Å². The van der Waals surface area contributed by atoms with E-state index in [1.807, 2.05) is 6.20 Å². The Bertz CT molecular complexity index is 1350. The zero-order valence-electron chi connectivity index (χ0n) is 24.6. The number of aliphatic hydroxyl groups is 1. The minimum atomic E-state index is -0.902. The Morgan fingerprint density at radius 1 is 1.24 bits per heavy atom. The van der Waals surface area contributed by atoms with Gasteiger partial charge in [0.2, 0.25) is 11.8 Å². The summed E-state index contributed by atoms with van der Waals surface area (Å²) in [5.41, 5.74) is 3.18. The van der Waals surface area contributed by atoms with Gasteiger partial charge in [0.1, 0.15) is 16.4 Å². The molecule has 1 fully saturated rings. The first-order chi connectivity index (χ1) is 20.2. The van der Waals surface area contributed by atoms with E-state index in [0.29, 0.717) is 28.8 Å². The molecule has 2 aliphatic rings. The summed E-state index contributed by atoms with van der Waals surface area (Å²) >= 11 is 1.36. The predicted octanol–water partition coefficient (Wildman–Crippen LogP) is 5.00. The second kappa shape index (κ2) is 13.6. The molecule has 1 saturated carbocycles. The second-order valence-corrected chi connectivity index (χ2v) is 12.9. The molecule has 1 aliphatic heterocycles. The molecule has 42 heavy (non-hydrogen) atoms. The summed E-state index contributed by atoms with van der Waals surface area (Å²) in [4.78, 5) is 21.7. The molecule has 5 rings (SSSR count). The lowest BCUT2D eigenvalue weighted by atomic mass is 9.73. The highest BCUT2D eigenvalue weighted by molar-refractivity contribution is 7.13. The summed E-state index contributed by atoms with van der Waals surface area (Å²) in [5, 5.41) is 20.4. The Morgan fingerprint density at radius 3 is 2.76 bits per heavy atom. The molecule has 0 bridgehead atoms. The third kappa shape index (κ3) is 7.34. The number of benzene rings is 1. The van der Waals surface area contributed by atoms with E-state index in [4.69, 9.17) is 14.5 Å². The smallest absolute Gasteiger partial charge is 0.222 e. The first kappa shape index (κ1) is 30.5. The number of amides is 1. The van der Waals surface area contributed by atoms with Crippen molar-refractivity contribution in [2.45, 2.75) is 82.6 Å². The van der Waals surface area contributed by atoms with Crippen molar-refractivity contribution in [1.29, 1.82) is 0 Å². The van der Waals surface area contributed by atoms with Crippen LogP contribution in [0.3, 0.4) is 0 Å². The maximum Gasteiger partial charge on any atom is 0.222 e. The Balaban J connectivity index is 1.34. The highest BCUT2D eigenvalue weighted by atomic mass is 32.1. The van der Waals surface area contributed by atoms with Crippen molar-refractivity contribution in [3.8, 4) is 16.5 Å². The number of nitrogens with zero attached hydrogens (tertiary/aromatic N) is 2. The summed E-state index contributed by atoms with van der Waals surface area (Å²) in [6.07, 6.45) is 8.01. The Hall–Kier alpha value is -2.92. The van der Waals surface area contributed by atoms with Crippen LogP contribution < -0.4 is 15.4 Å².